The molecule has 4 saturated heterocycles. The number of methoxy groups -OCH3 is 1. The van der Waals surface area contributed by atoms with Crippen molar-refractivity contribution < 1.29 is 32.2 Å². The van der Waals surface area contributed by atoms with Crippen molar-refractivity contribution in [1.82, 2.24) is 14.9 Å². The molecule has 5 aliphatic rings. The maximum Gasteiger partial charge on any atom is 0.433 e. The molecule has 1 aromatic heterocycles. The van der Waals surface area contributed by atoms with Crippen LogP contribution in [0.1, 0.15) is 44.2 Å². The molecule has 0 spiro atoms. The van der Waals surface area contributed by atoms with E-state index in [2.05, 4.69) is 9.97 Å². The molecule has 7 atom stereocenters. The first-order valence-electron chi connectivity index (χ1n) is 13.0. The molecule has 2 bridgehead atoms. The summed E-state index contributed by atoms with van der Waals surface area (Å²) in [5.74, 6) is 1.10. The highest BCUT2D eigenvalue weighted by Gasteiger charge is 2.60. The molecule has 0 aromatic carbocycles. The predicted octanol–water partition coefficient (Wildman–Crippen LogP) is 2.91. The van der Waals surface area contributed by atoms with Crippen molar-refractivity contribution in [2.45, 2.75) is 69.0 Å². The van der Waals surface area contributed by atoms with Crippen molar-refractivity contribution in [3.8, 4) is 0 Å². The second kappa shape index (κ2) is 9.09. The summed E-state index contributed by atoms with van der Waals surface area (Å²) in [4.78, 5) is 25.7. The maximum atomic E-state index is 14.0. The normalized spacial score (nSPS) is 38.1. The lowest BCUT2D eigenvalue weighted by atomic mass is 9.78. The highest BCUT2D eigenvalue weighted by atomic mass is 19.4. The van der Waals surface area contributed by atoms with Gasteiger partial charge in [0.05, 0.1) is 36.3 Å². The van der Waals surface area contributed by atoms with E-state index in [1.165, 1.54) is 0 Å². The Morgan fingerprint density at radius 1 is 1.25 bits per heavy atom. The molecule has 198 valence electrons. The molecule has 5 fully saturated rings. The number of nitrogens with zero attached hydrogens (tertiary/aromatic N) is 4. The van der Waals surface area contributed by atoms with E-state index in [9.17, 15) is 18.0 Å². The van der Waals surface area contributed by atoms with Crippen molar-refractivity contribution in [1.29, 1.82) is 0 Å². The van der Waals surface area contributed by atoms with E-state index in [0.717, 1.165) is 57.4 Å². The third kappa shape index (κ3) is 4.07. The highest BCUT2D eigenvalue weighted by molar-refractivity contribution is 5.85. The Balaban J connectivity index is 1.13. The number of ether oxygens (including phenoxy) is 3. The molecular weight excluding hydrogens is 477 g/mol. The first-order valence-corrected chi connectivity index (χ1v) is 13.0. The standard InChI is InChI=1S/C25H33F3N4O4/c1-34-19-14-35-6-3-16(19)8-15-9-21-24(11-15,4-7-36-21)22(33)31-12-18-10-17(31)13-32(18)23-29-5-2-20(30-23)25(26,27)28/h2,5,15-19,21H,3-4,6-14H2,1H3/t15-,16-,17+,18+,19-,21-,24-/m1/s1. The minimum absolute atomic E-state index is 0.0383. The van der Waals surface area contributed by atoms with Crippen molar-refractivity contribution >= 4 is 11.9 Å². The van der Waals surface area contributed by atoms with Crippen molar-refractivity contribution in [3.05, 3.63) is 18.0 Å². The quantitative estimate of drug-likeness (QED) is 0.603. The number of anilines is 1. The van der Waals surface area contributed by atoms with Gasteiger partial charge in [0, 0.05) is 39.6 Å². The predicted molar refractivity (Wildman–Crippen MR) is 122 cm³/mol. The number of hydrogen-bond donors (Lipinski definition) is 0. The van der Waals surface area contributed by atoms with Gasteiger partial charge in [-0.2, -0.15) is 13.2 Å². The Bertz CT molecular complexity index is 996. The maximum absolute atomic E-state index is 14.0. The van der Waals surface area contributed by atoms with Crippen LogP contribution in [0.4, 0.5) is 19.1 Å². The Morgan fingerprint density at radius 2 is 2.11 bits per heavy atom. The first kappa shape index (κ1) is 24.4. The number of rotatable bonds is 5. The molecule has 1 aromatic rings. The van der Waals surface area contributed by atoms with Gasteiger partial charge < -0.3 is 24.0 Å². The van der Waals surface area contributed by atoms with E-state index in [1.54, 1.807) is 7.11 Å². The lowest BCUT2D eigenvalue weighted by Gasteiger charge is -2.39. The zero-order valence-electron chi connectivity index (χ0n) is 20.5. The van der Waals surface area contributed by atoms with Crippen molar-refractivity contribution in [3.63, 3.8) is 0 Å². The van der Waals surface area contributed by atoms with Gasteiger partial charge in [-0.3, -0.25) is 4.79 Å². The van der Waals surface area contributed by atoms with E-state index in [-0.39, 0.29) is 36.1 Å². The number of likely N-dealkylation sites (tertiary alicyclic amines) is 1. The smallest absolute Gasteiger partial charge is 0.379 e. The SMILES string of the molecule is CO[C@@H]1COCC[C@@H]1C[C@@H]1C[C@H]2OCC[C@@]2(C(=O)N2C[C@@H]3C[C@H]2CN3c2nccc(C(F)(F)F)n2)C1. The molecule has 5 heterocycles. The zero-order chi connectivity index (χ0) is 25.1. The van der Waals surface area contributed by atoms with Gasteiger partial charge in [-0.15, -0.1) is 0 Å². The van der Waals surface area contributed by atoms with Crippen LogP contribution in [0.5, 0.6) is 0 Å². The number of aromatic nitrogens is 2. The molecule has 0 unspecified atom stereocenters. The third-order valence-electron chi connectivity index (χ3n) is 9.18. The Hall–Kier alpha value is -1.98. The second-order valence-electron chi connectivity index (χ2n) is 11.1. The monoisotopic (exact) mass is 510 g/mol. The number of piperazine rings is 1. The highest BCUT2D eigenvalue weighted by Crippen LogP contribution is 2.54. The summed E-state index contributed by atoms with van der Waals surface area (Å²) in [5, 5.41) is 0. The molecule has 6 rings (SSSR count). The van der Waals surface area contributed by atoms with Crippen LogP contribution in [-0.2, 0) is 25.2 Å². The number of carbonyl (C=O) groups excluding carboxylic acids is 1. The van der Waals surface area contributed by atoms with E-state index < -0.39 is 17.3 Å². The summed E-state index contributed by atoms with van der Waals surface area (Å²) in [5.41, 5.74) is -1.43. The zero-order valence-corrected chi connectivity index (χ0v) is 20.5. The van der Waals surface area contributed by atoms with Crippen LogP contribution in [0, 0.1) is 17.3 Å². The van der Waals surface area contributed by atoms with Gasteiger partial charge in [0.15, 0.2) is 0 Å². The summed E-state index contributed by atoms with van der Waals surface area (Å²) in [6.07, 6.45) is 1.88. The van der Waals surface area contributed by atoms with Crippen LogP contribution in [0.2, 0.25) is 0 Å². The lowest BCUT2D eigenvalue weighted by molar-refractivity contribution is -0.145. The average molecular weight is 511 g/mol. The van der Waals surface area contributed by atoms with Crippen molar-refractivity contribution in [2.24, 2.45) is 17.3 Å². The van der Waals surface area contributed by atoms with Gasteiger partial charge in [0.1, 0.15) is 5.69 Å². The summed E-state index contributed by atoms with van der Waals surface area (Å²) in [7, 11) is 1.74. The number of halogens is 3. The van der Waals surface area contributed by atoms with Gasteiger partial charge in [0.25, 0.3) is 0 Å². The van der Waals surface area contributed by atoms with Crippen LogP contribution in [-0.4, -0.2) is 85.1 Å². The fourth-order valence-corrected chi connectivity index (χ4v) is 7.45. The molecule has 36 heavy (non-hydrogen) atoms. The van der Waals surface area contributed by atoms with E-state index in [4.69, 9.17) is 14.2 Å². The van der Waals surface area contributed by atoms with Gasteiger partial charge in [-0.1, -0.05) is 0 Å². The lowest BCUT2D eigenvalue weighted by Crippen LogP contribution is -2.54. The van der Waals surface area contributed by atoms with E-state index in [1.807, 2.05) is 9.80 Å². The molecule has 0 radical (unpaired) electrons. The Labute approximate surface area is 208 Å². The fourth-order valence-electron chi connectivity index (χ4n) is 7.45. The largest absolute Gasteiger partial charge is 0.433 e. The topological polar surface area (TPSA) is 77.0 Å². The summed E-state index contributed by atoms with van der Waals surface area (Å²) < 4.78 is 56.8. The number of fused-ring (bicyclic) bond motifs is 3. The number of amides is 1. The average Bonchev–Trinajstić information content (AvgIpc) is 3.63. The van der Waals surface area contributed by atoms with E-state index in [0.29, 0.717) is 38.1 Å². The second-order valence-corrected chi connectivity index (χ2v) is 11.1. The minimum Gasteiger partial charge on any atom is -0.379 e. The Morgan fingerprint density at radius 3 is 2.86 bits per heavy atom. The molecule has 8 nitrogen and oxygen atoms in total. The van der Waals surface area contributed by atoms with Crippen LogP contribution in [0.25, 0.3) is 0 Å². The summed E-state index contributed by atoms with van der Waals surface area (Å²) in [6, 6.07) is 0.781. The van der Waals surface area contributed by atoms with Crippen LogP contribution in [0.3, 0.4) is 0 Å². The fraction of sp³-hybridized carbons (Fsp3) is 0.800. The molecule has 11 heteroatoms. The number of carbonyl (C=O) groups is 1. The number of hydrogen-bond acceptors (Lipinski definition) is 7. The van der Waals surface area contributed by atoms with Crippen LogP contribution < -0.4 is 4.90 Å². The van der Waals surface area contributed by atoms with Crippen LogP contribution in [0.15, 0.2) is 12.3 Å². The molecule has 0 N–H and O–H groups in total. The minimum atomic E-state index is -4.51. The van der Waals surface area contributed by atoms with Gasteiger partial charge in [-0.25, -0.2) is 9.97 Å². The molecule has 4 aliphatic heterocycles. The molecule has 1 aliphatic carbocycles. The van der Waals surface area contributed by atoms with Gasteiger partial charge in [0.2, 0.25) is 11.9 Å². The first-order chi connectivity index (χ1) is 17.3. The van der Waals surface area contributed by atoms with E-state index >= 15 is 0 Å². The van der Waals surface area contributed by atoms with Crippen LogP contribution >= 0.6 is 0 Å². The summed E-state index contributed by atoms with van der Waals surface area (Å²) in [6.45, 7) is 2.94. The molecule has 1 saturated carbocycles. The summed E-state index contributed by atoms with van der Waals surface area (Å²) >= 11 is 0. The van der Waals surface area contributed by atoms with Gasteiger partial charge >= 0.3 is 6.18 Å². The molecule has 1 amide bonds. The molecular formula is C25H33F3N4O4. The Kier molecular flexibility index (Phi) is 6.15. The van der Waals surface area contributed by atoms with Gasteiger partial charge in [-0.05, 0) is 56.4 Å². The van der Waals surface area contributed by atoms with Crippen molar-refractivity contribution in [2.75, 3.05) is 44.9 Å². The number of alkyl halides is 3. The third-order valence-corrected chi connectivity index (χ3v) is 9.18.